The molecule has 0 aliphatic rings. The third-order valence-corrected chi connectivity index (χ3v) is 4.53. The van der Waals surface area contributed by atoms with Gasteiger partial charge in [-0.05, 0) is 29.5 Å². The maximum Gasteiger partial charge on any atom is 0.339 e. The lowest BCUT2D eigenvalue weighted by Gasteiger charge is -2.33. The molecule has 0 fully saturated rings. The first-order chi connectivity index (χ1) is 12.3. The molecule has 138 valence electrons. The number of carboxylic acids is 1. The topological polar surface area (TPSA) is 63.6 Å². The van der Waals surface area contributed by atoms with Crippen LogP contribution in [0, 0.1) is 11.8 Å². The number of carboxylic acid groups (broad SMARTS) is 1. The summed E-state index contributed by atoms with van der Waals surface area (Å²) in [5.41, 5.74) is 1.16. The number of benzene rings is 2. The van der Waals surface area contributed by atoms with E-state index < -0.39 is 11.9 Å². The van der Waals surface area contributed by atoms with Gasteiger partial charge in [0.1, 0.15) is 6.10 Å². The average molecular weight is 354 g/mol. The fourth-order valence-corrected chi connectivity index (χ4v) is 3.29. The molecule has 2 aromatic carbocycles. The Morgan fingerprint density at radius 1 is 0.808 bits per heavy atom. The van der Waals surface area contributed by atoms with Gasteiger partial charge < -0.3 is 9.84 Å². The lowest BCUT2D eigenvalue weighted by atomic mass is 9.79. The maximum atomic E-state index is 12.8. The van der Waals surface area contributed by atoms with E-state index in [1.54, 1.807) is 12.1 Å². The molecule has 2 unspecified atom stereocenters. The fraction of sp³-hybridized carbons (Fsp3) is 0.364. The Kier molecular flexibility index (Phi) is 6.56. The van der Waals surface area contributed by atoms with Crippen LogP contribution in [0.25, 0.3) is 0 Å². The second kappa shape index (κ2) is 8.65. The highest BCUT2D eigenvalue weighted by Crippen LogP contribution is 2.34. The highest BCUT2D eigenvalue weighted by atomic mass is 16.5. The Bertz CT molecular complexity index is 750. The molecule has 0 aliphatic carbocycles. The third kappa shape index (κ3) is 4.51. The fourth-order valence-electron chi connectivity index (χ4n) is 3.29. The Balaban J connectivity index is 2.36. The van der Waals surface area contributed by atoms with Crippen LogP contribution in [-0.2, 0) is 4.74 Å². The summed E-state index contributed by atoms with van der Waals surface area (Å²) in [6.45, 7) is 8.23. The van der Waals surface area contributed by atoms with E-state index in [1.807, 2.05) is 44.2 Å². The van der Waals surface area contributed by atoms with Crippen LogP contribution < -0.4 is 0 Å². The number of carbonyl (C=O) groups is 2. The van der Waals surface area contributed by atoms with Crippen molar-refractivity contribution in [2.75, 3.05) is 0 Å². The predicted octanol–water partition coefficient (Wildman–Crippen LogP) is 5.01. The van der Waals surface area contributed by atoms with Crippen molar-refractivity contribution >= 4 is 11.9 Å². The van der Waals surface area contributed by atoms with Crippen molar-refractivity contribution in [3.63, 3.8) is 0 Å². The van der Waals surface area contributed by atoms with Gasteiger partial charge in [-0.15, -0.1) is 0 Å². The van der Waals surface area contributed by atoms with Crippen LogP contribution in [-0.4, -0.2) is 23.1 Å². The van der Waals surface area contributed by atoms with Gasteiger partial charge in [-0.1, -0.05) is 70.2 Å². The lowest BCUT2D eigenvalue weighted by Crippen LogP contribution is -2.33. The van der Waals surface area contributed by atoms with Crippen LogP contribution in [0.2, 0.25) is 0 Å². The Morgan fingerprint density at radius 2 is 1.35 bits per heavy atom. The molecule has 2 rings (SSSR count). The molecule has 1 N–H and O–H groups in total. The van der Waals surface area contributed by atoms with Crippen LogP contribution in [0.1, 0.15) is 59.9 Å². The van der Waals surface area contributed by atoms with Gasteiger partial charge in [-0.2, -0.15) is 0 Å². The molecule has 0 saturated carbocycles. The second-order valence-corrected chi connectivity index (χ2v) is 7.15. The molecule has 0 amide bonds. The summed E-state index contributed by atoms with van der Waals surface area (Å²) in [7, 11) is 0. The molecular formula is C22H26O4. The smallest absolute Gasteiger partial charge is 0.339 e. The van der Waals surface area contributed by atoms with E-state index in [2.05, 4.69) is 13.8 Å². The van der Waals surface area contributed by atoms with Crippen molar-refractivity contribution in [3.8, 4) is 0 Å². The van der Waals surface area contributed by atoms with Crippen molar-refractivity contribution in [3.05, 3.63) is 71.3 Å². The number of hydrogen-bond donors (Lipinski definition) is 1. The van der Waals surface area contributed by atoms with Crippen LogP contribution in [0.5, 0.6) is 0 Å². The van der Waals surface area contributed by atoms with E-state index in [0.717, 1.165) is 5.56 Å². The zero-order valence-electron chi connectivity index (χ0n) is 15.7. The van der Waals surface area contributed by atoms with Gasteiger partial charge in [0.15, 0.2) is 0 Å². The molecule has 2 aromatic rings. The van der Waals surface area contributed by atoms with Crippen LogP contribution >= 0.6 is 0 Å². The van der Waals surface area contributed by atoms with E-state index in [0.29, 0.717) is 0 Å². The number of ether oxygens (including phenoxy) is 1. The van der Waals surface area contributed by atoms with Gasteiger partial charge in [-0.3, -0.25) is 0 Å². The SMILES string of the molecule is CC(C)C(OC(=O)c1ccccc1C(=O)O)C(c1ccccc1)C(C)C. The van der Waals surface area contributed by atoms with Gasteiger partial charge in [0.05, 0.1) is 11.1 Å². The van der Waals surface area contributed by atoms with E-state index in [1.165, 1.54) is 12.1 Å². The first-order valence-corrected chi connectivity index (χ1v) is 8.91. The molecule has 0 radical (unpaired) electrons. The normalized spacial score (nSPS) is 13.5. The number of esters is 1. The second-order valence-electron chi connectivity index (χ2n) is 7.15. The minimum absolute atomic E-state index is 0.0251. The summed E-state index contributed by atoms with van der Waals surface area (Å²) < 4.78 is 5.86. The first-order valence-electron chi connectivity index (χ1n) is 8.91. The predicted molar refractivity (Wildman–Crippen MR) is 101 cm³/mol. The highest BCUT2D eigenvalue weighted by molar-refractivity contribution is 6.02. The van der Waals surface area contributed by atoms with Gasteiger partial charge in [0, 0.05) is 5.92 Å². The molecular weight excluding hydrogens is 328 g/mol. The average Bonchev–Trinajstić information content (AvgIpc) is 2.61. The standard InChI is InChI=1S/C22H26O4/c1-14(2)19(16-10-6-5-7-11-16)20(15(3)4)26-22(25)18-13-9-8-12-17(18)21(23)24/h5-15,19-20H,1-4H3,(H,23,24). The summed E-state index contributed by atoms with van der Waals surface area (Å²) in [5, 5.41) is 9.33. The molecule has 2 atom stereocenters. The minimum atomic E-state index is -1.14. The molecule has 0 heterocycles. The molecule has 4 heteroatoms. The van der Waals surface area contributed by atoms with Crippen molar-refractivity contribution in [1.82, 2.24) is 0 Å². The quantitative estimate of drug-likeness (QED) is 0.710. The molecule has 0 bridgehead atoms. The largest absolute Gasteiger partial charge is 0.478 e. The van der Waals surface area contributed by atoms with Crippen molar-refractivity contribution in [2.45, 2.75) is 39.7 Å². The molecule has 4 nitrogen and oxygen atoms in total. The summed E-state index contributed by atoms with van der Waals surface area (Å²) in [6, 6.07) is 16.1. The molecule has 0 saturated heterocycles. The van der Waals surface area contributed by atoms with Crippen LogP contribution in [0.4, 0.5) is 0 Å². The van der Waals surface area contributed by atoms with E-state index in [9.17, 15) is 14.7 Å². The van der Waals surface area contributed by atoms with Crippen molar-refractivity contribution in [2.24, 2.45) is 11.8 Å². The van der Waals surface area contributed by atoms with E-state index in [-0.39, 0.29) is 35.0 Å². The lowest BCUT2D eigenvalue weighted by molar-refractivity contribution is 0.00358. The summed E-state index contributed by atoms with van der Waals surface area (Å²) in [4.78, 5) is 24.2. The minimum Gasteiger partial charge on any atom is -0.478 e. The summed E-state index contributed by atoms with van der Waals surface area (Å²) in [6.07, 6.45) is -0.355. The van der Waals surface area contributed by atoms with Crippen molar-refractivity contribution in [1.29, 1.82) is 0 Å². The van der Waals surface area contributed by atoms with E-state index >= 15 is 0 Å². The van der Waals surface area contributed by atoms with Crippen LogP contribution in [0.3, 0.4) is 0 Å². The molecule has 0 spiro atoms. The Hall–Kier alpha value is -2.62. The number of carbonyl (C=O) groups excluding carboxylic acids is 1. The number of rotatable bonds is 7. The number of aromatic carboxylic acids is 1. The molecule has 0 aliphatic heterocycles. The zero-order valence-corrected chi connectivity index (χ0v) is 15.7. The van der Waals surface area contributed by atoms with E-state index in [4.69, 9.17) is 4.74 Å². The van der Waals surface area contributed by atoms with Crippen molar-refractivity contribution < 1.29 is 19.4 Å². The molecule has 26 heavy (non-hydrogen) atoms. The third-order valence-electron chi connectivity index (χ3n) is 4.53. The summed E-state index contributed by atoms with van der Waals surface area (Å²) >= 11 is 0. The van der Waals surface area contributed by atoms with Crippen LogP contribution in [0.15, 0.2) is 54.6 Å². The Labute approximate surface area is 154 Å². The van der Waals surface area contributed by atoms with Gasteiger partial charge in [0.25, 0.3) is 0 Å². The highest BCUT2D eigenvalue weighted by Gasteiger charge is 2.32. The number of hydrogen-bond acceptors (Lipinski definition) is 3. The maximum absolute atomic E-state index is 12.8. The molecule has 0 aromatic heterocycles. The van der Waals surface area contributed by atoms with Gasteiger partial charge >= 0.3 is 11.9 Å². The zero-order chi connectivity index (χ0) is 19.3. The van der Waals surface area contributed by atoms with Gasteiger partial charge in [0.2, 0.25) is 0 Å². The first kappa shape index (κ1) is 19.7. The Morgan fingerprint density at radius 3 is 1.85 bits per heavy atom. The summed E-state index contributed by atoms with van der Waals surface area (Å²) in [5.74, 6) is -1.36. The van der Waals surface area contributed by atoms with Gasteiger partial charge in [-0.25, -0.2) is 9.59 Å². The monoisotopic (exact) mass is 354 g/mol.